The summed E-state index contributed by atoms with van der Waals surface area (Å²) in [5.74, 6) is 0. The third-order valence-corrected chi connectivity index (χ3v) is 5.68. The van der Waals surface area contributed by atoms with E-state index in [-0.39, 0.29) is 0 Å². The summed E-state index contributed by atoms with van der Waals surface area (Å²) in [5, 5.41) is 0. The van der Waals surface area contributed by atoms with Crippen molar-refractivity contribution in [1.29, 1.82) is 0 Å². The molecule has 1 rings (SSSR count). The Morgan fingerprint density at radius 2 is 1.72 bits per heavy atom. The van der Waals surface area contributed by atoms with Crippen LogP contribution in [0.4, 0.5) is 0 Å². The molecule has 5 heteroatoms. The fraction of sp³-hybridized carbons (Fsp3) is 0.650. The molecule has 4 nitrogen and oxygen atoms in total. The van der Waals surface area contributed by atoms with Crippen LogP contribution in [0, 0.1) is 0 Å². The van der Waals surface area contributed by atoms with Crippen molar-refractivity contribution in [2.75, 3.05) is 19.9 Å². The molecule has 2 atom stereocenters. The number of benzene rings is 1. The van der Waals surface area contributed by atoms with E-state index in [1.807, 2.05) is 30.3 Å². The lowest BCUT2D eigenvalue weighted by atomic mass is 9.90. The van der Waals surface area contributed by atoms with E-state index < -0.39 is 13.6 Å². The zero-order valence-corrected chi connectivity index (χ0v) is 16.7. The van der Waals surface area contributed by atoms with E-state index in [1.54, 1.807) is 0 Å². The molecule has 0 saturated heterocycles. The number of hydrogen-bond donors (Lipinski definition) is 0. The van der Waals surface area contributed by atoms with E-state index in [1.165, 1.54) is 32.8 Å². The van der Waals surface area contributed by atoms with Crippen molar-refractivity contribution in [2.45, 2.75) is 63.9 Å². The van der Waals surface area contributed by atoms with Crippen molar-refractivity contribution in [3.63, 3.8) is 0 Å². The van der Waals surface area contributed by atoms with Crippen LogP contribution in [0.5, 0.6) is 0 Å². The zero-order chi connectivity index (χ0) is 18.4. The van der Waals surface area contributed by atoms with Crippen LogP contribution in [-0.2, 0) is 24.2 Å². The molecule has 0 bridgehead atoms. The summed E-state index contributed by atoms with van der Waals surface area (Å²) in [4.78, 5) is 12.0. The van der Waals surface area contributed by atoms with Crippen molar-refractivity contribution >= 4 is 14.3 Å². The van der Waals surface area contributed by atoms with E-state index in [2.05, 4.69) is 6.92 Å². The van der Waals surface area contributed by atoms with Crippen molar-refractivity contribution in [3.8, 4) is 0 Å². The molecule has 25 heavy (non-hydrogen) atoms. The maximum Gasteiger partial charge on any atom is 0.191 e. The predicted octanol–water partition coefficient (Wildman–Crippen LogP) is 5.36. The zero-order valence-electron chi connectivity index (χ0n) is 15.7. The lowest BCUT2D eigenvalue weighted by molar-refractivity contribution is -0.134. The van der Waals surface area contributed by atoms with Gasteiger partial charge in [0.15, 0.2) is 14.3 Å². The van der Waals surface area contributed by atoms with Crippen LogP contribution in [-0.4, -0.2) is 26.2 Å². The van der Waals surface area contributed by atoms with E-state index in [0.717, 1.165) is 24.7 Å². The summed E-state index contributed by atoms with van der Waals surface area (Å²) >= 11 is 0. The number of ether oxygens (including phenoxy) is 1. The van der Waals surface area contributed by atoms with Crippen LogP contribution in [0.3, 0.4) is 0 Å². The monoisotopic (exact) mass is 368 g/mol. The number of carbonyl (C=O) groups excluding carboxylic acids is 1. The Bertz CT molecular complexity index is 492. The quantitative estimate of drug-likeness (QED) is 0.238. The molecule has 1 aromatic rings. The van der Waals surface area contributed by atoms with Gasteiger partial charge in [0.25, 0.3) is 0 Å². The minimum absolute atomic E-state index is 0.476. The molecule has 142 valence electrons. The molecule has 0 aliphatic rings. The molecular weight excluding hydrogens is 335 g/mol. The van der Waals surface area contributed by atoms with Gasteiger partial charge in [-0.15, -0.1) is 0 Å². The number of rotatable bonds is 15. The minimum Gasteiger partial charge on any atom is -0.363 e. The molecule has 0 spiro atoms. The van der Waals surface area contributed by atoms with E-state index in [9.17, 15) is 9.36 Å². The fourth-order valence-electron chi connectivity index (χ4n) is 2.92. The molecule has 0 aliphatic heterocycles. The third kappa shape index (κ3) is 8.31. The third-order valence-electron chi connectivity index (χ3n) is 4.47. The highest BCUT2D eigenvalue weighted by molar-refractivity contribution is 7.39. The SMILES string of the molecule is CCCCCCCCOC(C=O)(CCC[PH](=O)OC)c1ccccc1. The van der Waals surface area contributed by atoms with Gasteiger partial charge >= 0.3 is 0 Å². The van der Waals surface area contributed by atoms with Gasteiger partial charge in [-0.05, 0) is 24.8 Å². The van der Waals surface area contributed by atoms with Crippen LogP contribution >= 0.6 is 8.03 Å². The fourth-order valence-corrected chi connectivity index (χ4v) is 3.58. The van der Waals surface area contributed by atoms with Gasteiger partial charge in [-0.3, -0.25) is 9.36 Å². The van der Waals surface area contributed by atoms with Crippen LogP contribution in [0.2, 0.25) is 0 Å². The molecule has 2 unspecified atom stereocenters. The first-order valence-electron chi connectivity index (χ1n) is 9.41. The first kappa shape index (κ1) is 22.1. The van der Waals surface area contributed by atoms with Crippen molar-refractivity contribution < 1.29 is 18.6 Å². The molecule has 0 aliphatic carbocycles. The molecule has 0 amide bonds. The molecule has 0 radical (unpaired) electrons. The maximum atomic E-state index is 12.0. The normalized spacial score (nSPS) is 14.8. The van der Waals surface area contributed by atoms with Gasteiger partial charge in [0.2, 0.25) is 0 Å². The average molecular weight is 368 g/mol. The Morgan fingerprint density at radius 1 is 1.04 bits per heavy atom. The van der Waals surface area contributed by atoms with Crippen LogP contribution in [0.25, 0.3) is 0 Å². The number of hydrogen-bond acceptors (Lipinski definition) is 4. The molecule has 1 aromatic carbocycles. The molecular formula is C20H33O4P. The highest BCUT2D eigenvalue weighted by Gasteiger charge is 2.32. The minimum atomic E-state index is -2.00. The Balaban J connectivity index is 2.61. The summed E-state index contributed by atoms with van der Waals surface area (Å²) in [6.45, 7) is 2.78. The summed E-state index contributed by atoms with van der Waals surface area (Å²) in [7, 11) is -0.540. The first-order valence-corrected chi connectivity index (χ1v) is 10.9. The Labute approximate surface area is 153 Å². The molecule has 0 heterocycles. The average Bonchev–Trinajstić information content (AvgIpc) is 2.66. The number of aldehydes is 1. The second-order valence-corrected chi connectivity index (χ2v) is 8.07. The molecule has 0 aromatic heterocycles. The van der Waals surface area contributed by atoms with E-state index >= 15 is 0 Å². The number of unbranched alkanes of at least 4 members (excludes halogenated alkanes) is 5. The maximum absolute atomic E-state index is 12.0. The summed E-state index contributed by atoms with van der Waals surface area (Å²) in [6.07, 6.45) is 9.62. The smallest absolute Gasteiger partial charge is 0.191 e. The summed E-state index contributed by atoms with van der Waals surface area (Å²) < 4.78 is 22.5. The van der Waals surface area contributed by atoms with Gasteiger partial charge in [0, 0.05) is 19.9 Å². The van der Waals surface area contributed by atoms with E-state index in [4.69, 9.17) is 9.26 Å². The summed E-state index contributed by atoms with van der Waals surface area (Å²) in [6, 6.07) is 9.61. The second-order valence-electron chi connectivity index (χ2n) is 6.42. The van der Waals surface area contributed by atoms with Gasteiger partial charge in [-0.1, -0.05) is 69.4 Å². The van der Waals surface area contributed by atoms with Gasteiger partial charge in [-0.25, -0.2) is 0 Å². The van der Waals surface area contributed by atoms with Gasteiger partial charge < -0.3 is 9.26 Å². The highest BCUT2D eigenvalue weighted by atomic mass is 31.1. The van der Waals surface area contributed by atoms with Gasteiger partial charge in [0.1, 0.15) is 5.60 Å². The van der Waals surface area contributed by atoms with Crippen LogP contribution in [0.15, 0.2) is 30.3 Å². The van der Waals surface area contributed by atoms with Crippen molar-refractivity contribution in [2.24, 2.45) is 0 Å². The highest BCUT2D eigenvalue weighted by Crippen LogP contribution is 2.32. The van der Waals surface area contributed by atoms with Gasteiger partial charge in [-0.2, -0.15) is 0 Å². The predicted molar refractivity (Wildman–Crippen MR) is 104 cm³/mol. The van der Waals surface area contributed by atoms with Crippen molar-refractivity contribution in [1.82, 2.24) is 0 Å². The van der Waals surface area contributed by atoms with Gasteiger partial charge in [0.05, 0.1) is 0 Å². The van der Waals surface area contributed by atoms with E-state index in [0.29, 0.717) is 25.6 Å². The second kappa shape index (κ2) is 13.3. The Hall–Kier alpha value is -0.960. The number of carbonyl (C=O) groups is 1. The summed E-state index contributed by atoms with van der Waals surface area (Å²) in [5.41, 5.74) is -0.0753. The Kier molecular flexibility index (Phi) is 11.7. The first-order chi connectivity index (χ1) is 12.2. The molecule has 0 N–H and O–H groups in total. The Morgan fingerprint density at radius 3 is 2.36 bits per heavy atom. The molecule has 0 saturated carbocycles. The largest absolute Gasteiger partial charge is 0.363 e. The van der Waals surface area contributed by atoms with Crippen LogP contribution < -0.4 is 0 Å². The topological polar surface area (TPSA) is 52.6 Å². The molecule has 0 fully saturated rings. The standard InChI is InChI=1S/C20H33O4P/c1-3-4-5-6-7-11-16-24-20(18-21,15-12-17-25(22)23-2)19-13-9-8-10-14-19/h8-10,13-14,18,25H,3-7,11-12,15-17H2,1-2H3. The van der Waals surface area contributed by atoms with Crippen molar-refractivity contribution in [3.05, 3.63) is 35.9 Å². The lowest BCUT2D eigenvalue weighted by Crippen LogP contribution is -2.32. The lowest BCUT2D eigenvalue weighted by Gasteiger charge is -2.29. The van der Waals surface area contributed by atoms with Crippen LogP contribution in [0.1, 0.15) is 63.9 Å².